The molecule has 0 aromatic carbocycles. The number of likely N-dealkylation sites (tertiary alicyclic amines) is 1. The van der Waals surface area contributed by atoms with Crippen LogP contribution in [0.15, 0.2) is 31.0 Å². The summed E-state index contributed by atoms with van der Waals surface area (Å²) in [6.07, 6.45) is 1.79. The lowest BCUT2D eigenvalue weighted by molar-refractivity contribution is -0.135. The van der Waals surface area contributed by atoms with E-state index in [1.807, 2.05) is 0 Å². The van der Waals surface area contributed by atoms with E-state index in [2.05, 4.69) is 16.9 Å². The Kier molecular flexibility index (Phi) is 4.75. The molecule has 2 amide bonds. The quantitative estimate of drug-likeness (QED) is 0.861. The Labute approximate surface area is 131 Å². The molecule has 2 heterocycles. The van der Waals surface area contributed by atoms with Gasteiger partial charge in [-0.05, 0) is 18.2 Å². The SMILES string of the molecule is C=CC(=O)N1CCC(F)(F)[C@H](NC(=O)c2ccc(Cl)cn2)C1. The van der Waals surface area contributed by atoms with Crippen molar-refractivity contribution in [3.05, 3.63) is 41.7 Å². The first-order valence-electron chi connectivity index (χ1n) is 6.55. The number of rotatable bonds is 3. The van der Waals surface area contributed by atoms with Gasteiger partial charge in [0.1, 0.15) is 11.7 Å². The van der Waals surface area contributed by atoms with Crippen LogP contribution in [0.2, 0.25) is 5.02 Å². The van der Waals surface area contributed by atoms with Gasteiger partial charge in [-0.25, -0.2) is 13.8 Å². The minimum atomic E-state index is -3.10. The number of alkyl halides is 2. The summed E-state index contributed by atoms with van der Waals surface area (Å²) < 4.78 is 27.9. The number of halogens is 3. The van der Waals surface area contributed by atoms with Crippen molar-refractivity contribution in [1.29, 1.82) is 0 Å². The zero-order valence-corrected chi connectivity index (χ0v) is 12.3. The predicted octanol–water partition coefficient (Wildman–Crippen LogP) is 1.89. The minimum absolute atomic E-state index is 0.0210. The van der Waals surface area contributed by atoms with Gasteiger partial charge < -0.3 is 10.2 Å². The van der Waals surface area contributed by atoms with Crippen LogP contribution in [0, 0.1) is 0 Å². The van der Waals surface area contributed by atoms with E-state index in [1.54, 1.807) is 0 Å². The lowest BCUT2D eigenvalue weighted by Gasteiger charge is -2.38. The van der Waals surface area contributed by atoms with Crippen molar-refractivity contribution < 1.29 is 18.4 Å². The van der Waals surface area contributed by atoms with Crippen LogP contribution in [-0.2, 0) is 4.79 Å². The molecule has 1 aliphatic rings. The summed E-state index contributed by atoms with van der Waals surface area (Å²) in [5, 5.41) is 2.57. The fraction of sp³-hybridized carbons (Fsp3) is 0.357. The molecule has 0 spiro atoms. The standard InChI is InChI=1S/C14H14ClF2N3O2/c1-2-12(21)20-6-5-14(16,17)11(8-20)19-13(22)10-4-3-9(15)7-18-10/h2-4,7,11H,1,5-6,8H2,(H,19,22)/t11-/m1/s1. The first kappa shape index (κ1) is 16.4. The van der Waals surface area contributed by atoms with E-state index in [0.29, 0.717) is 5.02 Å². The number of hydrogen-bond donors (Lipinski definition) is 1. The summed E-state index contributed by atoms with van der Waals surface area (Å²) in [5.74, 6) is -4.28. The molecule has 0 radical (unpaired) electrons. The normalized spacial score (nSPS) is 20.3. The van der Waals surface area contributed by atoms with E-state index in [4.69, 9.17) is 11.6 Å². The molecule has 1 aromatic rings. The van der Waals surface area contributed by atoms with Gasteiger partial charge in [-0.1, -0.05) is 18.2 Å². The predicted molar refractivity (Wildman–Crippen MR) is 76.8 cm³/mol. The van der Waals surface area contributed by atoms with Gasteiger partial charge in [0.05, 0.1) is 5.02 Å². The van der Waals surface area contributed by atoms with Gasteiger partial charge in [-0.15, -0.1) is 0 Å². The molecule has 0 bridgehead atoms. The molecule has 1 atom stereocenters. The number of hydrogen-bond acceptors (Lipinski definition) is 3. The Morgan fingerprint density at radius 2 is 2.23 bits per heavy atom. The number of nitrogens with zero attached hydrogens (tertiary/aromatic N) is 2. The van der Waals surface area contributed by atoms with Crippen molar-refractivity contribution in [3.63, 3.8) is 0 Å². The molecule has 118 valence electrons. The van der Waals surface area contributed by atoms with Gasteiger partial charge in [0.15, 0.2) is 0 Å². The number of nitrogens with one attached hydrogen (secondary N) is 1. The molecule has 0 unspecified atom stereocenters. The highest BCUT2D eigenvalue weighted by atomic mass is 35.5. The van der Waals surface area contributed by atoms with Crippen LogP contribution in [0.1, 0.15) is 16.9 Å². The van der Waals surface area contributed by atoms with Crippen molar-refractivity contribution in [2.75, 3.05) is 13.1 Å². The molecule has 5 nitrogen and oxygen atoms in total. The Balaban J connectivity index is 2.10. The number of carbonyl (C=O) groups excluding carboxylic acids is 2. The summed E-state index contributed by atoms with van der Waals surface area (Å²) in [4.78, 5) is 28.5. The molecular formula is C14H14ClF2N3O2. The van der Waals surface area contributed by atoms with Gasteiger partial charge in [0.25, 0.3) is 11.8 Å². The van der Waals surface area contributed by atoms with E-state index in [0.717, 1.165) is 6.08 Å². The van der Waals surface area contributed by atoms with E-state index in [9.17, 15) is 18.4 Å². The highest BCUT2D eigenvalue weighted by Gasteiger charge is 2.45. The molecule has 1 aliphatic heterocycles. The Morgan fingerprint density at radius 1 is 1.50 bits per heavy atom. The van der Waals surface area contributed by atoms with Crippen LogP contribution in [0.25, 0.3) is 0 Å². The molecule has 1 saturated heterocycles. The van der Waals surface area contributed by atoms with Crippen LogP contribution >= 0.6 is 11.6 Å². The lowest BCUT2D eigenvalue weighted by Crippen LogP contribution is -2.59. The monoisotopic (exact) mass is 329 g/mol. The molecule has 2 rings (SSSR count). The molecule has 22 heavy (non-hydrogen) atoms. The van der Waals surface area contributed by atoms with Gasteiger partial charge in [-0.3, -0.25) is 9.59 Å². The van der Waals surface area contributed by atoms with Crippen LogP contribution < -0.4 is 5.32 Å². The fourth-order valence-electron chi connectivity index (χ4n) is 2.13. The van der Waals surface area contributed by atoms with Crippen molar-refractivity contribution >= 4 is 23.4 Å². The van der Waals surface area contributed by atoms with Gasteiger partial charge in [0.2, 0.25) is 5.91 Å². The largest absolute Gasteiger partial charge is 0.340 e. The third kappa shape index (κ3) is 3.59. The zero-order valence-electron chi connectivity index (χ0n) is 11.6. The maximum Gasteiger partial charge on any atom is 0.271 e. The first-order chi connectivity index (χ1) is 10.3. The number of amides is 2. The molecule has 1 aromatic heterocycles. The van der Waals surface area contributed by atoms with Crippen LogP contribution in [-0.4, -0.2) is 46.8 Å². The lowest BCUT2D eigenvalue weighted by atomic mass is 10.0. The van der Waals surface area contributed by atoms with E-state index < -0.39 is 30.2 Å². The number of aromatic nitrogens is 1. The van der Waals surface area contributed by atoms with Crippen molar-refractivity contribution in [2.45, 2.75) is 18.4 Å². The molecule has 1 fully saturated rings. The molecule has 8 heteroatoms. The topological polar surface area (TPSA) is 62.3 Å². The average molecular weight is 330 g/mol. The van der Waals surface area contributed by atoms with Crippen LogP contribution in [0.5, 0.6) is 0 Å². The van der Waals surface area contributed by atoms with Crippen molar-refractivity contribution in [1.82, 2.24) is 15.2 Å². The van der Waals surface area contributed by atoms with E-state index in [1.165, 1.54) is 23.2 Å². The summed E-state index contributed by atoms with van der Waals surface area (Å²) in [6, 6.07) is 1.30. The smallest absolute Gasteiger partial charge is 0.271 e. The maximum absolute atomic E-state index is 13.9. The van der Waals surface area contributed by atoms with Crippen molar-refractivity contribution in [2.24, 2.45) is 0 Å². The van der Waals surface area contributed by atoms with Crippen LogP contribution in [0.4, 0.5) is 8.78 Å². The van der Waals surface area contributed by atoms with Crippen LogP contribution in [0.3, 0.4) is 0 Å². The molecule has 1 N–H and O–H groups in total. The number of pyridine rings is 1. The Hall–Kier alpha value is -2.02. The zero-order chi connectivity index (χ0) is 16.3. The summed E-state index contributed by atoms with van der Waals surface area (Å²) in [5.41, 5.74) is -0.0210. The van der Waals surface area contributed by atoms with E-state index in [-0.39, 0.29) is 18.8 Å². The third-order valence-electron chi connectivity index (χ3n) is 3.38. The summed E-state index contributed by atoms with van der Waals surface area (Å²) in [6.45, 7) is 2.96. The average Bonchev–Trinajstić information content (AvgIpc) is 2.49. The highest BCUT2D eigenvalue weighted by molar-refractivity contribution is 6.30. The highest BCUT2D eigenvalue weighted by Crippen LogP contribution is 2.28. The maximum atomic E-state index is 13.9. The third-order valence-corrected chi connectivity index (χ3v) is 3.60. The number of carbonyl (C=O) groups is 2. The van der Waals surface area contributed by atoms with Gasteiger partial charge in [-0.2, -0.15) is 0 Å². The van der Waals surface area contributed by atoms with Crippen molar-refractivity contribution in [3.8, 4) is 0 Å². The van der Waals surface area contributed by atoms with E-state index >= 15 is 0 Å². The Morgan fingerprint density at radius 3 is 2.82 bits per heavy atom. The minimum Gasteiger partial charge on any atom is -0.340 e. The molecule has 0 saturated carbocycles. The Bertz CT molecular complexity index is 592. The molecule has 0 aliphatic carbocycles. The second-order valence-corrected chi connectivity index (χ2v) is 5.32. The summed E-state index contributed by atoms with van der Waals surface area (Å²) >= 11 is 5.66. The molecular weight excluding hydrogens is 316 g/mol. The second kappa shape index (κ2) is 6.39. The fourth-order valence-corrected chi connectivity index (χ4v) is 2.24. The second-order valence-electron chi connectivity index (χ2n) is 4.89. The number of piperidine rings is 1. The summed E-state index contributed by atoms with van der Waals surface area (Å²) in [7, 11) is 0. The van der Waals surface area contributed by atoms with Gasteiger partial charge in [0, 0.05) is 25.7 Å². The first-order valence-corrected chi connectivity index (χ1v) is 6.93. The van der Waals surface area contributed by atoms with Gasteiger partial charge >= 0.3 is 0 Å².